The van der Waals surface area contributed by atoms with Gasteiger partial charge < -0.3 is 5.32 Å². The third-order valence-electron chi connectivity index (χ3n) is 3.97. The average Bonchev–Trinajstić information content (AvgIpc) is 2.54. The van der Waals surface area contributed by atoms with Gasteiger partial charge in [-0.1, -0.05) is 42.0 Å². The number of carbonyl (C=O) groups is 1. The Labute approximate surface area is 149 Å². The summed E-state index contributed by atoms with van der Waals surface area (Å²) in [6, 6.07) is 15.0. The summed E-state index contributed by atoms with van der Waals surface area (Å²) in [5, 5.41) is 2.80. The van der Waals surface area contributed by atoms with Crippen LogP contribution in [-0.4, -0.2) is 33.7 Å². The van der Waals surface area contributed by atoms with Crippen LogP contribution < -0.4 is 9.62 Å². The van der Waals surface area contributed by atoms with E-state index in [-0.39, 0.29) is 25.4 Å². The molecule has 0 heterocycles. The summed E-state index contributed by atoms with van der Waals surface area (Å²) < 4.78 is 25.4. The minimum Gasteiger partial charge on any atom is -0.354 e. The summed E-state index contributed by atoms with van der Waals surface area (Å²) >= 11 is 0. The molecule has 1 amide bonds. The van der Waals surface area contributed by atoms with Crippen molar-refractivity contribution in [2.24, 2.45) is 0 Å². The van der Waals surface area contributed by atoms with Gasteiger partial charge in [0.25, 0.3) is 0 Å². The molecule has 0 aliphatic carbocycles. The molecule has 2 aromatic rings. The predicted octanol–water partition coefficient (Wildman–Crippen LogP) is 2.43. The summed E-state index contributed by atoms with van der Waals surface area (Å²) in [7, 11) is -3.41. The molecular weight excluding hydrogens is 336 g/mol. The highest BCUT2D eigenvalue weighted by molar-refractivity contribution is 7.92. The van der Waals surface area contributed by atoms with Crippen molar-refractivity contribution in [2.45, 2.75) is 20.3 Å². The van der Waals surface area contributed by atoms with E-state index in [1.807, 2.05) is 50.2 Å². The molecule has 25 heavy (non-hydrogen) atoms. The van der Waals surface area contributed by atoms with Crippen molar-refractivity contribution in [3.63, 3.8) is 0 Å². The summed E-state index contributed by atoms with van der Waals surface area (Å²) in [4.78, 5) is 12.1. The van der Waals surface area contributed by atoms with E-state index in [0.29, 0.717) is 5.69 Å². The molecule has 0 saturated heterocycles. The van der Waals surface area contributed by atoms with Gasteiger partial charge in [-0.3, -0.25) is 9.10 Å². The van der Waals surface area contributed by atoms with Crippen molar-refractivity contribution in [2.75, 3.05) is 23.7 Å². The van der Waals surface area contributed by atoms with Gasteiger partial charge in [0.15, 0.2) is 0 Å². The van der Waals surface area contributed by atoms with Crippen molar-refractivity contribution in [3.8, 4) is 0 Å². The second-order valence-electron chi connectivity index (χ2n) is 6.12. The van der Waals surface area contributed by atoms with E-state index in [2.05, 4.69) is 5.32 Å². The number of sulfonamides is 1. The standard InChI is InChI=1S/C19H24N2O3S/c1-15-8-10-18(11-9-15)21(25(3,23)24)13-12-20-19(22)14-17-7-5-4-6-16(17)2/h4-11H,12-14H2,1-3H3,(H,20,22). The first-order valence-corrected chi connectivity index (χ1v) is 9.98. The zero-order valence-corrected chi connectivity index (χ0v) is 15.6. The highest BCUT2D eigenvalue weighted by atomic mass is 32.2. The van der Waals surface area contributed by atoms with E-state index >= 15 is 0 Å². The molecule has 5 nitrogen and oxygen atoms in total. The Kier molecular flexibility index (Phi) is 6.20. The molecule has 0 atom stereocenters. The van der Waals surface area contributed by atoms with Crippen molar-refractivity contribution < 1.29 is 13.2 Å². The molecule has 0 bridgehead atoms. The first-order chi connectivity index (χ1) is 11.8. The molecule has 0 aliphatic rings. The quantitative estimate of drug-likeness (QED) is 0.825. The van der Waals surface area contributed by atoms with E-state index in [9.17, 15) is 13.2 Å². The van der Waals surface area contributed by atoms with Gasteiger partial charge in [0.1, 0.15) is 0 Å². The van der Waals surface area contributed by atoms with Gasteiger partial charge in [0.05, 0.1) is 24.9 Å². The van der Waals surface area contributed by atoms with Gasteiger partial charge in [-0.2, -0.15) is 0 Å². The maximum atomic E-state index is 12.1. The Bertz CT molecular complexity index is 830. The number of nitrogens with one attached hydrogen (secondary N) is 1. The Morgan fingerprint density at radius 2 is 1.68 bits per heavy atom. The lowest BCUT2D eigenvalue weighted by molar-refractivity contribution is -0.120. The first-order valence-electron chi connectivity index (χ1n) is 8.13. The van der Waals surface area contributed by atoms with Crippen LogP contribution in [0.15, 0.2) is 48.5 Å². The van der Waals surface area contributed by atoms with Gasteiger partial charge in [-0.05, 0) is 37.1 Å². The molecule has 0 aliphatic heterocycles. The summed E-state index contributed by atoms with van der Waals surface area (Å²) in [6.45, 7) is 4.36. The zero-order valence-electron chi connectivity index (χ0n) is 14.8. The SMILES string of the molecule is Cc1ccc(N(CCNC(=O)Cc2ccccc2C)S(C)(=O)=O)cc1. The number of hydrogen-bond donors (Lipinski definition) is 1. The molecule has 0 spiro atoms. The van der Waals surface area contributed by atoms with Crippen molar-refractivity contribution >= 4 is 21.6 Å². The largest absolute Gasteiger partial charge is 0.354 e. The number of rotatable bonds is 7. The molecule has 0 saturated carbocycles. The van der Waals surface area contributed by atoms with E-state index in [1.165, 1.54) is 10.6 Å². The summed E-state index contributed by atoms with van der Waals surface area (Å²) in [5.41, 5.74) is 3.69. The highest BCUT2D eigenvalue weighted by Gasteiger charge is 2.17. The summed E-state index contributed by atoms with van der Waals surface area (Å²) in [6.07, 6.45) is 1.46. The second-order valence-corrected chi connectivity index (χ2v) is 8.03. The maximum Gasteiger partial charge on any atom is 0.232 e. The minimum absolute atomic E-state index is 0.119. The third kappa shape index (κ3) is 5.60. The van der Waals surface area contributed by atoms with Crippen LogP contribution in [-0.2, 0) is 21.2 Å². The van der Waals surface area contributed by atoms with Crippen LogP contribution in [0.1, 0.15) is 16.7 Å². The maximum absolute atomic E-state index is 12.1. The number of nitrogens with zero attached hydrogens (tertiary/aromatic N) is 1. The molecule has 1 N–H and O–H groups in total. The first kappa shape index (κ1) is 19.0. The molecule has 0 aromatic heterocycles. The highest BCUT2D eigenvalue weighted by Crippen LogP contribution is 2.17. The number of carbonyl (C=O) groups excluding carboxylic acids is 1. The minimum atomic E-state index is -3.41. The Morgan fingerprint density at radius 3 is 2.28 bits per heavy atom. The van der Waals surface area contributed by atoms with Crippen molar-refractivity contribution in [3.05, 3.63) is 65.2 Å². The molecular formula is C19H24N2O3S. The van der Waals surface area contributed by atoms with Crippen LogP contribution in [0.2, 0.25) is 0 Å². The fourth-order valence-corrected chi connectivity index (χ4v) is 3.47. The fraction of sp³-hybridized carbons (Fsp3) is 0.316. The number of anilines is 1. The van der Waals surface area contributed by atoms with Crippen LogP contribution in [0.5, 0.6) is 0 Å². The molecule has 0 fully saturated rings. The van der Waals surface area contributed by atoms with Gasteiger partial charge in [0.2, 0.25) is 15.9 Å². The lowest BCUT2D eigenvalue weighted by atomic mass is 10.1. The Hall–Kier alpha value is -2.34. The normalized spacial score (nSPS) is 11.2. The van der Waals surface area contributed by atoms with E-state index in [1.54, 1.807) is 12.1 Å². The predicted molar refractivity (Wildman–Crippen MR) is 101 cm³/mol. The van der Waals surface area contributed by atoms with Gasteiger partial charge in [-0.25, -0.2) is 8.42 Å². The van der Waals surface area contributed by atoms with Crippen LogP contribution in [0.3, 0.4) is 0 Å². The van der Waals surface area contributed by atoms with Gasteiger partial charge >= 0.3 is 0 Å². The van der Waals surface area contributed by atoms with Crippen molar-refractivity contribution in [1.82, 2.24) is 5.32 Å². The molecule has 134 valence electrons. The van der Waals surface area contributed by atoms with E-state index in [4.69, 9.17) is 0 Å². The van der Waals surface area contributed by atoms with Crippen LogP contribution in [0.25, 0.3) is 0 Å². The number of hydrogen-bond acceptors (Lipinski definition) is 3. The van der Waals surface area contributed by atoms with Crippen LogP contribution in [0.4, 0.5) is 5.69 Å². The molecule has 0 unspecified atom stereocenters. The topological polar surface area (TPSA) is 66.5 Å². The van der Waals surface area contributed by atoms with E-state index in [0.717, 1.165) is 16.7 Å². The molecule has 2 rings (SSSR count). The smallest absolute Gasteiger partial charge is 0.232 e. The lowest BCUT2D eigenvalue weighted by Gasteiger charge is -2.22. The molecule has 6 heteroatoms. The van der Waals surface area contributed by atoms with E-state index < -0.39 is 10.0 Å². The Morgan fingerprint density at radius 1 is 1.04 bits per heavy atom. The second kappa shape index (κ2) is 8.16. The Balaban J connectivity index is 1.96. The van der Waals surface area contributed by atoms with Crippen LogP contribution >= 0.6 is 0 Å². The summed E-state index contributed by atoms with van der Waals surface area (Å²) in [5.74, 6) is -0.119. The molecule has 2 aromatic carbocycles. The third-order valence-corrected chi connectivity index (χ3v) is 5.17. The fourth-order valence-electron chi connectivity index (χ4n) is 2.54. The monoisotopic (exact) mass is 360 g/mol. The van der Waals surface area contributed by atoms with Gasteiger partial charge in [-0.15, -0.1) is 0 Å². The zero-order chi connectivity index (χ0) is 18.4. The number of benzene rings is 2. The number of aryl methyl sites for hydroxylation is 2. The molecule has 0 radical (unpaired) electrons. The average molecular weight is 360 g/mol. The van der Waals surface area contributed by atoms with Crippen molar-refractivity contribution in [1.29, 1.82) is 0 Å². The number of amides is 1. The van der Waals surface area contributed by atoms with Crippen LogP contribution in [0, 0.1) is 13.8 Å². The van der Waals surface area contributed by atoms with Gasteiger partial charge in [0, 0.05) is 6.54 Å². The lowest BCUT2D eigenvalue weighted by Crippen LogP contribution is -2.38.